The second-order valence-corrected chi connectivity index (χ2v) is 2.44. The molecule has 0 aliphatic heterocycles. The Hall–Kier alpha value is -0.0400. The molecule has 1 nitrogen and oxygen atoms in total. The van der Waals surface area contributed by atoms with Crippen molar-refractivity contribution < 1.29 is 0 Å². The maximum Gasteiger partial charge on any atom is -0.00772 e. The molecular formula is C13H35N. The first-order valence-electron chi connectivity index (χ1n) is 6.51. The molecule has 0 rings (SSSR count). The summed E-state index contributed by atoms with van der Waals surface area (Å²) in [5.74, 6) is 0.874. The van der Waals surface area contributed by atoms with Gasteiger partial charge in [0.05, 0.1) is 0 Å². The Labute approximate surface area is 93.5 Å². The van der Waals surface area contributed by atoms with E-state index in [1.165, 1.54) is 19.3 Å². The molecule has 0 aliphatic carbocycles. The third kappa shape index (κ3) is 40.4. The van der Waals surface area contributed by atoms with Crippen LogP contribution in [0.1, 0.15) is 74.7 Å². The smallest absolute Gasteiger partial charge is 0.00772 e. The summed E-state index contributed by atoms with van der Waals surface area (Å²) in [6, 6.07) is 0. The second kappa shape index (κ2) is 38.3. The largest absolute Gasteiger partial charge is 0.330 e. The van der Waals surface area contributed by atoms with Gasteiger partial charge in [0.2, 0.25) is 0 Å². The zero-order valence-corrected chi connectivity index (χ0v) is 12.0. The van der Waals surface area contributed by atoms with E-state index >= 15 is 0 Å². The highest BCUT2D eigenvalue weighted by Crippen LogP contribution is 2.07. The van der Waals surface area contributed by atoms with E-state index in [9.17, 15) is 0 Å². The highest BCUT2D eigenvalue weighted by Gasteiger charge is 1.94. The van der Waals surface area contributed by atoms with Crippen molar-refractivity contribution in [2.24, 2.45) is 11.7 Å². The lowest BCUT2D eigenvalue weighted by molar-refractivity contribution is 0.499. The molecule has 0 saturated carbocycles. The monoisotopic (exact) mass is 205 g/mol. The Morgan fingerprint density at radius 2 is 1.29 bits per heavy atom. The van der Waals surface area contributed by atoms with Crippen molar-refractivity contribution in [2.45, 2.75) is 74.7 Å². The van der Waals surface area contributed by atoms with Crippen LogP contribution in [-0.2, 0) is 0 Å². The Balaban J connectivity index is -0.0000000708. The van der Waals surface area contributed by atoms with Crippen LogP contribution in [-0.4, -0.2) is 6.54 Å². The standard InChI is InChI=1S/C7H17N.3C2H6/c1-3-7(2)5-4-6-8;3*1-2/h7H,3-6,8H2,1-2H3;3*1-2H3. The maximum absolute atomic E-state index is 5.33. The first kappa shape index (κ1) is 23.6. The maximum atomic E-state index is 5.33. The van der Waals surface area contributed by atoms with E-state index in [4.69, 9.17) is 5.73 Å². The molecule has 0 bridgehead atoms. The van der Waals surface area contributed by atoms with E-state index < -0.39 is 0 Å². The molecule has 0 fully saturated rings. The molecule has 1 atom stereocenters. The molecule has 0 amide bonds. The van der Waals surface area contributed by atoms with Crippen molar-refractivity contribution in [2.75, 3.05) is 6.54 Å². The minimum atomic E-state index is 0.852. The molecule has 0 radical (unpaired) electrons. The molecule has 0 aromatic heterocycles. The Morgan fingerprint density at radius 3 is 1.50 bits per heavy atom. The minimum absolute atomic E-state index is 0.852. The second-order valence-electron chi connectivity index (χ2n) is 2.44. The van der Waals surface area contributed by atoms with Crippen LogP contribution in [0.4, 0.5) is 0 Å². The summed E-state index contributed by atoms with van der Waals surface area (Å²) in [5.41, 5.74) is 5.33. The Bertz CT molecular complexity index is 44.5. The van der Waals surface area contributed by atoms with E-state index in [-0.39, 0.29) is 0 Å². The quantitative estimate of drug-likeness (QED) is 0.697. The van der Waals surface area contributed by atoms with Crippen molar-refractivity contribution >= 4 is 0 Å². The van der Waals surface area contributed by atoms with Gasteiger partial charge in [0.1, 0.15) is 0 Å². The summed E-state index contributed by atoms with van der Waals surface area (Å²) in [6.45, 7) is 17.3. The van der Waals surface area contributed by atoms with Crippen LogP contribution >= 0.6 is 0 Å². The fourth-order valence-corrected chi connectivity index (χ4v) is 0.670. The van der Waals surface area contributed by atoms with Gasteiger partial charge >= 0.3 is 0 Å². The first-order valence-corrected chi connectivity index (χ1v) is 6.51. The zero-order valence-electron chi connectivity index (χ0n) is 12.0. The van der Waals surface area contributed by atoms with Crippen molar-refractivity contribution in [3.63, 3.8) is 0 Å². The van der Waals surface area contributed by atoms with E-state index in [0.717, 1.165) is 12.5 Å². The third-order valence-corrected chi connectivity index (χ3v) is 1.60. The Morgan fingerprint density at radius 1 is 0.929 bits per heavy atom. The lowest BCUT2D eigenvalue weighted by Gasteiger charge is -2.04. The van der Waals surface area contributed by atoms with E-state index in [2.05, 4.69) is 13.8 Å². The highest BCUT2D eigenvalue weighted by molar-refractivity contribution is 4.49. The Kier molecular flexibility index (Phi) is 64.6. The molecule has 1 heteroatoms. The average molecular weight is 205 g/mol. The highest BCUT2D eigenvalue weighted by atomic mass is 14.5. The molecule has 0 spiro atoms. The van der Waals surface area contributed by atoms with Gasteiger partial charge in [-0.2, -0.15) is 0 Å². The van der Waals surface area contributed by atoms with Crippen LogP contribution < -0.4 is 5.73 Å². The van der Waals surface area contributed by atoms with Crippen molar-refractivity contribution in [1.29, 1.82) is 0 Å². The molecule has 14 heavy (non-hydrogen) atoms. The van der Waals surface area contributed by atoms with Crippen molar-refractivity contribution in [3.8, 4) is 0 Å². The molecule has 1 unspecified atom stereocenters. The predicted molar refractivity (Wildman–Crippen MR) is 71.8 cm³/mol. The van der Waals surface area contributed by atoms with Gasteiger partial charge in [0.25, 0.3) is 0 Å². The summed E-state index contributed by atoms with van der Waals surface area (Å²) in [4.78, 5) is 0. The van der Waals surface area contributed by atoms with Gasteiger partial charge in [-0.1, -0.05) is 61.8 Å². The van der Waals surface area contributed by atoms with Crippen molar-refractivity contribution in [3.05, 3.63) is 0 Å². The number of rotatable bonds is 4. The molecular weight excluding hydrogens is 170 g/mol. The minimum Gasteiger partial charge on any atom is -0.330 e. The average Bonchev–Trinajstić information content (AvgIpc) is 2.33. The van der Waals surface area contributed by atoms with Crippen LogP contribution in [0.5, 0.6) is 0 Å². The summed E-state index contributed by atoms with van der Waals surface area (Å²) in [6.07, 6.45) is 3.78. The van der Waals surface area contributed by atoms with Gasteiger partial charge in [-0.3, -0.25) is 0 Å². The molecule has 0 heterocycles. The SMILES string of the molecule is CC.CC.CC.CCC(C)CCCN. The number of hydrogen-bond acceptors (Lipinski definition) is 1. The van der Waals surface area contributed by atoms with Gasteiger partial charge in [-0.15, -0.1) is 0 Å². The van der Waals surface area contributed by atoms with Crippen LogP contribution in [0.2, 0.25) is 0 Å². The third-order valence-electron chi connectivity index (χ3n) is 1.60. The number of nitrogens with two attached hydrogens (primary N) is 1. The van der Waals surface area contributed by atoms with Gasteiger partial charge in [0.15, 0.2) is 0 Å². The molecule has 0 saturated heterocycles. The van der Waals surface area contributed by atoms with E-state index in [0.29, 0.717) is 0 Å². The lowest BCUT2D eigenvalue weighted by atomic mass is 10.0. The predicted octanol–water partition coefficient (Wildman–Crippen LogP) is 4.85. The molecule has 0 aromatic carbocycles. The fourth-order valence-electron chi connectivity index (χ4n) is 0.670. The van der Waals surface area contributed by atoms with Crippen LogP contribution in [0.15, 0.2) is 0 Å². The summed E-state index contributed by atoms with van der Waals surface area (Å²) >= 11 is 0. The molecule has 92 valence electrons. The molecule has 2 N–H and O–H groups in total. The first-order chi connectivity index (χ1) is 6.81. The molecule has 0 aliphatic rings. The van der Waals surface area contributed by atoms with E-state index in [1.54, 1.807) is 0 Å². The van der Waals surface area contributed by atoms with Gasteiger partial charge in [0, 0.05) is 0 Å². The van der Waals surface area contributed by atoms with Gasteiger partial charge in [-0.25, -0.2) is 0 Å². The summed E-state index contributed by atoms with van der Waals surface area (Å²) in [5, 5.41) is 0. The van der Waals surface area contributed by atoms with Crippen LogP contribution in [0.3, 0.4) is 0 Å². The van der Waals surface area contributed by atoms with Gasteiger partial charge in [-0.05, 0) is 25.3 Å². The van der Waals surface area contributed by atoms with Crippen molar-refractivity contribution in [1.82, 2.24) is 0 Å². The fraction of sp³-hybridized carbons (Fsp3) is 1.00. The number of hydrogen-bond donors (Lipinski definition) is 1. The summed E-state index contributed by atoms with van der Waals surface area (Å²) in [7, 11) is 0. The van der Waals surface area contributed by atoms with E-state index in [1.807, 2.05) is 41.5 Å². The summed E-state index contributed by atoms with van der Waals surface area (Å²) < 4.78 is 0. The van der Waals surface area contributed by atoms with Crippen LogP contribution in [0.25, 0.3) is 0 Å². The topological polar surface area (TPSA) is 26.0 Å². The van der Waals surface area contributed by atoms with Crippen LogP contribution in [0, 0.1) is 5.92 Å². The molecule has 0 aromatic rings. The van der Waals surface area contributed by atoms with Gasteiger partial charge < -0.3 is 5.73 Å². The lowest BCUT2D eigenvalue weighted by Crippen LogP contribution is -2.01. The zero-order chi connectivity index (χ0) is 12.4. The normalized spacial score (nSPS) is 9.21.